The lowest BCUT2D eigenvalue weighted by molar-refractivity contribution is -0.125. The van der Waals surface area contributed by atoms with E-state index in [4.69, 9.17) is 9.47 Å². The standard InChI is InChI=1S/C21H25NO4/c1-14(22-12-18(24)17-6-4-3-5-7-17)10-16-8-9-19-20(11-16)25-13-21(26-19)15(2)23/h3-9,11,14,18,21-22,24H,10,12-13H2,1-2H3/t14-,18?,21-/m1/s1. The van der Waals surface area contributed by atoms with E-state index in [0.29, 0.717) is 18.0 Å². The summed E-state index contributed by atoms with van der Waals surface area (Å²) in [6, 6.07) is 15.6. The van der Waals surface area contributed by atoms with Gasteiger partial charge in [0.2, 0.25) is 0 Å². The van der Waals surface area contributed by atoms with Gasteiger partial charge < -0.3 is 19.9 Å². The number of carbonyl (C=O) groups is 1. The van der Waals surface area contributed by atoms with Gasteiger partial charge in [0, 0.05) is 12.6 Å². The summed E-state index contributed by atoms with van der Waals surface area (Å²) in [4.78, 5) is 11.4. The number of aliphatic hydroxyl groups is 1. The van der Waals surface area contributed by atoms with Gasteiger partial charge in [-0.15, -0.1) is 0 Å². The van der Waals surface area contributed by atoms with Gasteiger partial charge in [0.15, 0.2) is 23.4 Å². The van der Waals surface area contributed by atoms with Gasteiger partial charge in [-0.1, -0.05) is 36.4 Å². The van der Waals surface area contributed by atoms with Crippen LogP contribution in [0.25, 0.3) is 0 Å². The third-order valence-corrected chi connectivity index (χ3v) is 4.51. The summed E-state index contributed by atoms with van der Waals surface area (Å²) in [7, 11) is 0. The van der Waals surface area contributed by atoms with Crippen molar-refractivity contribution in [3.63, 3.8) is 0 Å². The minimum atomic E-state index is -0.526. The van der Waals surface area contributed by atoms with Crippen LogP contribution in [0.4, 0.5) is 0 Å². The van der Waals surface area contributed by atoms with Crippen molar-refractivity contribution in [3.8, 4) is 11.5 Å². The van der Waals surface area contributed by atoms with Gasteiger partial charge >= 0.3 is 0 Å². The summed E-state index contributed by atoms with van der Waals surface area (Å²) < 4.78 is 11.3. The maximum atomic E-state index is 11.4. The van der Waals surface area contributed by atoms with Gasteiger partial charge in [0.25, 0.3) is 0 Å². The van der Waals surface area contributed by atoms with Crippen molar-refractivity contribution in [1.82, 2.24) is 5.32 Å². The highest BCUT2D eigenvalue weighted by Crippen LogP contribution is 2.33. The summed E-state index contributed by atoms with van der Waals surface area (Å²) in [5, 5.41) is 13.6. The minimum Gasteiger partial charge on any atom is -0.485 e. The molecule has 1 unspecified atom stereocenters. The Morgan fingerprint density at radius 1 is 1.23 bits per heavy atom. The topological polar surface area (TPSA) is 67.8 Å². The molecule has 138 valence electrons. The monoisotopic (exact) mass is 355 g/mol. The molecule has 0 spiro atoms. The molecule has 1 heterocycles. The van der Waals surface area contributed by atoms with Crippen LogP contribution in [-0.4, -0.2) is 36.2 Å². The van der Waals surface area contributed by atoms with E-state index in [9.17, 15) is 9.90 Å². The zero-order valence-corrected chi connectivity index (χ0v) is 15.1. The molecule has 3 rings (SSSR count). The highest BCUT2D eigenvalue weighted by molar-refractivity contribution is 5.81. The molecule has 0 aliphatic carbocycles. The number of fused-ring (bicyclic) bond motifs is 1. The zero-order chi connectivity index (χ0) is 18.5. The van der Waals surface area contributed by atoms with Crippen LogP contribution in [0, 0.1) is 0 Å². The molecule has 0 amide bonds. The molecule has 0 radical (unpaired) electrons. The van der Waals surface area contributed by atoms with Crippen LogP contribution in [0.15, 0.2) is 48.5 Å². The van der Waals surface area contributed by atoms with Crippen LogP contribution in [0.5, 0.6) is 11.5 Å². The fourth-order valence-electron chi connectivity index (χ4n) is 2.97. The predicted molar refractivity (Wildman–Crippen MR) is 99.6 cm³/mol. The van der Waals surface area contributed by atoms with Gasteiger partial charge in [0.1, 0.15) is 6.61 Å². The Kier molecular flexibility index (Phi) is 5.91. The van der Waals surface area contributed by atoms with E-state index in [1.807, 2.05) is 48.5 Å². The number of benzene rings is 2. The normalized spacial score (nSPS) is 18.2. The molecule has 1 aliphatic rings. The average molecular weight is 355 g/mol. The van der Waals surface area contributed by atoms with Gasteiger partial charge in [0.05, 0.1) is 6.10 Å². The van der Waals surface area contributed by atoms with Gasteiger partial charge in [-0.05, 0) is 43.5 Å². The zero-order valence-electron chi connectivity index (χ0n) is 15.1. The third kappa shape index (κ3) is 4.62. The number of aliphatic hydroxyl groups excluding tert-OH is 1. The molecule has 2 aromatic rings. The van der Waals surface area contributed by atoms with Crippen molar-refractivity contribution in [2.75, 3.05) is 13.2 Å². The Balaban J connectivity index is 1.53. The summed E-state index contributed by atoms with van der Waals surface area (Å²) in [6.07, 6.45) is -0.246. The number of hydrogen-bond donors (Lipinski definition) is 2. The van der Waals surface area contributed by atoms with Crippen LogP contribution < -0.4 is 14.8 Å². The Labute approximate surface area is 153 Å². The lowest BCUT2D eigenvalue weighted by Crippen LogP contribution is -2.35. The average Bonchev–Trinajstić information content (AvgIpc) is 2.66. The Bertz CT molecular complexity index is 747. The van der Waals surface area contributed by atoms with E-state index in [-0.39, 0.29) is 18.4 Å². The van der Waals surface area contributed by atoms with Crippen LogP contribution in [0.3, 0.4) is 0 Å². The predicted octanol–water partition coefficient (Wildman–Crippen LogP) is 2.67. The molecular formula is C21H25NO4. The number of Topliss-reactive ketones (excluding diaryl/α,β-unsaturated/α-hetero) is 1. The number of ketones is 1. The van der Waals surface area contributed by atoms with Crippen LogP contribution in [-0.2, 0) is 11.2 Å². The van der Waals surface area contributed by atoms with E-state index in [1.165, 1.54) is 6.92 Å². The highest BCUT2D eigenvalue weighted by Gasteiger charge is 2.24. The van der Waals surface area contributed by atoms with Gasteiger partial charge in [-0.25, -0.2) is 0 Å². The van der Waals surface area contributed by atoms with Crippen LogP contribution in [0.2, 0.25) is 0 Å². The molecular weight excluding hydrogens is 330 g/mol. The molecule has 2 aromatic carbocycles. The van der Waals surface area contributed by atoms with Crippen molar-refractivity contribution in [2.45, 2.75) is 38.5 Å². The summed E-state index contributed by atoms with van der Waals surface area (Å²) in [5.74, 6) is 1.26. The minimum absolute atomic E-state index is 0.0328. The van der Waals surface area contributed by atoms with E-state index in [1.54, 1.807) is 0 Å². The smallest absolute Gasteiger partial charge is 0.190 e. The number of carbonyl (C=O) groups excluding carboxylic acids is 1. The Hall–Kier alpha value is -2.37. The second-order valence-electron chi connectivity index (χ2n) is 6.75. The van der Waals surface area contributed by atoms with Crippen LogP contribution in [0.1, 0.15) is 31.1 Å². The van der Waals surface area contributed by atoms with Crippen LogP contribution >= 0.6 is 0 Å². The maximum absolute atomic E-state index is 11.4. The SMILES string of the molecule is CC(=O)[C@H]1COc2cc(C[C@@H](C)NCC(O)c3ccccc3)ccc2O1. The molecule has 5 heteroatoms. The Morgan fingerprint density at radius 3 is 2.73 bits per heavy atom. The molecule has 0 aromatic heterocycles. The maximum Gasteiger partial charge on any atom is 0.190 e. The first-order chi connectivity index (χ1) is 12.5. The van der Waals surface area contributed by atoms with Crippen molar-refractivity contribution < 1.29 is 19.4 Å². The lowest BCUT2D eigenvalue weighted by Gasteiger charge is -2.25. The van der Waals surface area contributed by atoms with E-state index >= 15 is 0 Å². The third-order valence-electron chi connectivity index (χ3n) is 4.51. The summed E-state index contributed by atoms with van der Waals surface area (Å²) in [6.45, 7) is 4.34. The molecule has 26 heavy (non-hydrogen) atoms. The molecule has 0 bridgehead atoms. The first kappa shape index (κ1) is 18.4. The molecule has 0 saturated carbocycles. The summed E-state index contributed by atoms with van der Waals surface area (Å²) >= 11 is 0. The second kappa shape index (κ2) is 8.34. The van der Waals surface area contributed by atoms with Crippen molar-refractivity contribution >= 4 is 5.78 Å². The molecule has 3 atom stereocenters. The fourth-order valence-corrected chi connectivity index (χ4v) is 2.97. The number of ether oxygens (including phenoxy) is 2. The fraction of sp³-hybridized carbons (Fsp3) is 0.381. The number of nitrogens with one attached hydrogen (secondary N) is 1. The molecule has 5 nitrogen and oxygen atoms in total. The molecule has 2 N–H and O–H groups in total. The van der Waals surface area contributed by atoms with Gasteiger partial charge in [-0.2, -0.15) is 0 Å². The highest BCUT2D eigenvalue weighted by atomic mass is 16.6. The quantitative estimate of drug-likeness (QED) is 0.799. The van der Waals surface area contributed by atoms with Crippen molar-refractivity contribution in [2.24, 2.45) is 0 Å². The van der Waals surface area contributed by atoms with E-state index in [2.05, 4.69) is 12.2 Å². The second-order valence-corrected chi connectivity index (χ2v) is 6.75. The number of rotatable bonds is 7. The van der Waals surface area contributed by atoms with Gasteiger partial charge in [-0.3, -0.25) is 4.79 Å². The first-order valence-corrected chi connectivity index (χ1v) is 8.92. The molecule has 0 fully saturated rings. The largest absolute Gasteiger partial charge is 0.485 e. The Morgan fingerprint density at radius 2 is 2.00 bits per heavy atom. The first-order valence-electron chi connectivity index (χ1n) is 8.92. The molecule has 0 saturated heterocycles. The van der Waals surface area contributed by atoms with Crippen molar-refractivity contribution in [1.29, 1.82) is 0 Å². The van der Waals surface area contributed by atoms with E-state index in [0.717, 1.165) is 17.5 Å². The molecule has 1 aliphatic heterocycles. The van der Waals surface area contributed by atoms with E-state index < -0.39 is 12.2 Å². The lowest BCUT2D eigenvalue weighted by atomic mass is 10.0. The van der Waals surface area contributed by atoms with Crippen molar-refractivity contribution in [3.05, 3.63) is 59.7 Å². The number of hydrogen-bond acceptors (Lipinski definition) is 5. The summed E-state index contributed by atoms with van der Waals surface area (Å²) in [5.41, 5.74) is 2.02.